The molecule has 0 saturated heterocycles. The summed E-state index contributed by atoms with van der Waals surface area (Å²) < 4.78 is 68.3. The monoisotopic (exact) mass is 1320 g/mol. The lowest BCUT2D eigenvalue weighted by Gasteiger charge is -2.21. The van der Waals surface area contributed by atoms with Gasteiger partial charge in [0.2, 0.25) is 0 Å². The second-order valence-electron chi connectivity index (χ2n) is 27.5. The minimum atomic E-state index is -4.95. The predicted octanol–water partition coefficient (Wildman–Crippen LogP) is 20.1. The minimum absolute atomic E-state index is 0.105. The molecule has 5 atom stereocenters. The van der Waals surface area contributed by atoms with Crippen LogP contribution in [-0.2, 0) is 65.4 Å². The highest BCUT2D eigenvalue weighted by atomic mass is 31.2. The average molecular weight is 1330 g/mol. The lowest BCUT2D eigenvalue weighted by atomic mass is 10.0. The molecule has 0 fully saturated rings. The van der Waals surface area contributed by atoms with Crippen LogP contribution in [-0.4, -0.2) is 96.7 Å². The van der Waals surface area contributed by atoms with Crippen LogP contribution in [0.25, 0.3) is 0 Å². The summed E-state index contributed by atoms with van der Waals surface area (Å²) in [6.07, 6.45) is 43.1. The second-order valence-corrected chi connectivity index (χ2v) is 30.4. The van der Waals surface area contributed by atoms with Gasteiger partial charge in [0.05, 0.1) is 26.4 Å². The number of rotatable bonds is 68. The van der Waals surface area contributed by atoms with Gasteiger partial charge in [-0.1, -0.05) is 299 Å². The summed E-state index contributed by atoms with van der Waals surface area (Å²) in [5.41, 5.74) is 0. The fourth-order valence-corrected chi connectivity index (χ4v) is 12.2. The van der Waals surface area contributed by atoms with Gasteiger partial charge >= 0.3 is 39.5 Å². The van der Waals surface area contributed by atoms with Crippen molar-refractivity contribution in [2.75, 3.05) is 39.6 Å². The molecule has 0 rings (SSSR count). The van der Waals surface area contributed by atoms with Crippen LogP contribution < -0.4 is 0 Å². The average Bonchev–Trinajstić information content (AvgIpc) is 3.70. The van der Waals surface area contributed by atoms with Gasteiger partial charge in [-0.05, 0) is 49.4 Å². The molecule has 0 spiro atoms. The summed E-state index contributed by atoms with van der Waals surface area (Å²) in [4.78, 5) is 72.6. The Morgan fingerprint density at radius 1 is 0.278 bits per heavy atom. The number of hydrogen-bond acceptors (Lipinski definition) is 15. The SMILES string of the molecule is CC(C)CCCCCCCCCCCCCCC(=O)O[C@H](COC(=O)CCCCCCCCCC(C)C)COP(=O)(O)OCC(O)COP(=O)(O)OC[C@@H](COC(=O)CCCCCCCCCCCC(C)C)OC(=O)CCCCCCCCCCCCC(C)C. The van der Waals surface area contributed by atoms with Crippen molar-refractivity contribution in [3.05, 3.63) is 0 Å². The van der Waals surface area contributed by atoms with Gasteiger partial charge in [0.15, 0.2) is 12.2 Å². The van der Waals surface area contributed by atoms with Crippen molar-refractivity contribution in [1.29, 1.82) is 0 Å². The molecule has 0 aliphatic carbocycles. The third-order valence-corrected chi connectivity index (χ3v) is 18.2. The molecule has 3 unspecified atom stereocenters. The Hall–Kier alpha value is -1.94. The highest BCUT2D eigenvalue weighted by molar-refractivity contribution is 7.47. The molecule has 3 N–H and O–H groups in total. The van der Waals surface area contributed by atoms with Crippen LogP contribution in [0.2, 0.25) is 0 Å². The molecule has 0 aromatic heterocycles. The Morgan fingerprint density at radius 2 is 0.467 bits per heavy atom. The number of aliphatic hydroxyl groups excluding tert-OH is 1. The quantitative estimate of drug-likeness (QED) is 0.0222. The van der Waals surface area contributed by atoms with Gasteiger partial charge in [-0.15, -0.1) is 0 Å². The molecular weight excluding hydrogens is 1190 g/mol. The minimum Gasteiger partial charge on any atom is -0.462 e. The summed E-state index contributed by atoms with van der Waals surface area (Å²) in [6, 6.07) is 0. The van der Waals surface area contributed by atoms with Crippen LogP contribution in [0.3, 0.4) is 0 Å². The van der Waals surface area contributed by atoms with Gasteiger partial charge in [-0.25, -0.2) is 9.13 Å². The van der Waals surface area contributed by atoms with Crippen LogP contribution in [0.15, 0.2) is 0 Å². The molecule has 534 valence electrons. The van der Waals surface area contributed by atoms with Crippen molar-refractivity contribution < 1.29 is 80.2 Å². The fourth-order valence-electron chi connectivity index (χ4n) is 10.7. The van der Waals surface area contributed by atoms with Gasteiger partial charge < -0.3 is 33.8 Å². The first-order valence-electron chi connectivity index (χ1n) is 36.7. The molecule has 0 aromatic carbocycles. The van der Waals surface area contributed by atoms with Crippen LogP contribution >= 0.6 is 15.6 Å². The van der Waals surface area contributed by atoms with Crippen molar-refractivity contribution >= 4 is 39.5 Å². The van der Waals surface area contributed by atoms with Gasteiger partial charge in [-0.2, -0.15) is 0 Å². The Balaban J connectivity index is 5.26. The van der Waals surface area contributed by atoms with E-state index in [2.05, 4.69) is 55.4 Å². The molecule has 0 aliphatic rings. The topological polar surface area (TPSA) is 237 Å². The number of ether oxygens (including phenoxy) is 4. The van der Waals surface area contributed by atoms with Gasteiger partial charge in [0.25, 0.3) is 0 Å². The number of carbonyl (C=O) groups is 4. The van der Waals surface area contributed by atoms with Crippen molar-refractivity contribution in [2.45, 2.75) is 369 Å². The predicted molar refractivity (Wildman–Crippen MR) is 363 cm³/mol. The Labute approximate surface area is 549 Å². The Bertz CT molecular complexity index is 1780. The summed E-state index contributed by atoms with van der Waals surface area (Å²) >= 11 is 0. The Kier molecular flexibility index (Phi) is 59.4. The van der Waals surface area contributed by atoms with E-state index >= 15 is 0 Å². The summed E-state index contributed by atoms with van der Waals surface area (Å²) in [5, 5.41) is 10.6. The molecule has 0 aliphatic heterocycles. The Morgan fingerprint density at radius 3 is 0.689 bits per heavy atom. The van der Waals surface area contributed by atoms with E-state index in [-0.39, 0.29) is 25.7 Å². The van der Waals surface area contributed by atoms with Crippen molar-refractivity contribution in [3.8, 4) is 0 Å². The number of unbranched alkanes of at least 4 members (excludes halogenated alkanes) is 34. The van der Waals surface area contributed by atoms with Crippen LogP contribution in [0.1, 0.15) is 351 Å². The molecule has 19 heteroatoms. The second kappa shape index (κ2) is 60.7. The summed E-state index contributed by atoms with van der Waals surface area (Å²) in [5.74, 6) is 0.849. The zero-order chi connectivity index (χ0) is 66.8. The lowest BCUT2D eigenvalue weighted by Crippen LogP contribution is -2.30. The van der Waals surface area contributed by atoms with Crippen LogP contribution in [0.5, 0.6) is 0 Å². The van der Waals surface area contributed by atoms with E-state index in [1.54, 1.807) is 0 Å². The van der Waals surface area contributed by atoms with E-state index in [0.717, 1.165) is 114 Å². The van der Waals surface area contributed by atoms with Gasteiger partial charge in [0.1, 0.15) is 19.3 Å². The van der Waals surface area contributed by atoms with E-state index in [1.165, 1.54) is 148 Å². The maximum atomic E-state index is 13.0. The van der Waals surface area contributed by atoms with Gasteiger partial charge in [0, 0.05) is 25.7 Å². The molecule has 0 radical (unpaired) electrons. The van der Waals surface area contributed by atoms with E-state index in [9.17, 15) is 43.2 Å². The highest BCUT2D eigenvalue weighted by Crippen LogP contribution is 2.45. The van der Waals surface area contributed by atoms with Crippen molar-refractivity contribution in [3.63, 3.8) is 0 Å². The van der Waals surface area contributed by atoms with E-state index in [0.29, 0.717) is 31.6 Å². The van der Waals surface area contributed by atoms with E-state index in [1.807, 2.05) is 0 Å². The number of hydrogen-bond donors (Lipinski definition) is 3. The van der Waals surface area contributed by atoms with Gasteiger partial charge in [-0.3, -0.25) is 37.3 Å². The first-order valence-corrected chi connectivity index (χ1v) is 39.7. The number of esters is 4. The standard InChI is InChI=1S/C71H138O17P2/c1-61(2)47-39-31-23-16-11-9-10-12-19-28-37-45-53-70(75)88-67(58-82-69(74)52-44-36-30-22-26-34-42-50-64(7)8)60-86-90(79,80)84-56-65(72)55-83-89(77,78)85-59-66(57-81-68(73)51-43-35-27-21-15-18-25-33-41-49-63(5)6)87-71(76)54-46-38-29-20-14-13-17-24-32-40-48-62(3)4/h61-67,72H,9-60H2,1-8H3,(H,77,78)(H,79,80)/t65?,66-,67-/m1/s1. The zero-order valence-electron chi connectivity index (χ0n) is 58.8. The van der Waals surface area contributed by atoms with E-state index in [4.69, 9.17) is 37.0 Å². The number of phosphoric ester groups is 2. The molecule has 0 amide bonds. The van der Waals surface area contributed by atoms with Crippen LogP contribution in [0, 0.1) is 23.7 Å². The zero-order valence-corrected chi connectivity index (χ0v) is 60.6. The normalized spacial score (nSPS) is 14.3. The number of phosphoric acid groups is 2. The number of carbonyl (C=O) groups excluding carboxylic acids is 4. The maximum absolute atomic E-state index is 13.0. The molecule has 17 nitrogen and oxygen atoms in total. The third kappa shape index (κ3) is 64.8. The maximum Gasteiger partial charge on any atom is 0.472 e. The lowest BCUT2D eigenvalue weighted by molar-refractivity contribution is -0.161. The highest BCUT2D eigenvalue weighted by Gasteiger charge is 2.30. The molecule has 0 saturated carbocycles. The molecule has 0 bridgehead atoms. The third-order valence-electron chi connectivity index (χ3n) is 16.3. The number of aliphatic hydroxyl groups is 1. The fraction of sp³-hybridized carbons (Fsp3) is 0.944. The first kappa shape index (κ1) is 88.1. The molecule has 0 aromatic rings. The van der Waals surface area contributed by atoms with Crippen molar-refractivity contribution in [1.82, 2.24) is 0 Å². The van der Waals surface area contributed by atoms with E-state index < -0.39 is 97.5 Å². The van der Waals surface area contributed by atoms with Crippen molar-refractivity contribution in [2.24, 2.45) is 23.7 Å². The van der Waals surface area contributed by atoms with Crippen LogP contribution in [0.4, 0.5) is 0 Å². The summed E-state index contributed by atoms with van der Waals surface area (Å²) in [6.45, 7) is 14.1. The largest absolute Gasteiger partial charge is 0.472 e. The molecule has 0 heterocycles. The smallest absolute Gasteiger partial charge is 0.462 e. The molecule has 90 heavy (non-hydrogen) atoms. The molecular formula is C71H138O17P2. The first-order chi connectivity index (χ1) is 43.1. The summed E-state index contributed by atoms with van der Waals surface area (Å²) in [7, 11) is -9.90.